The molecule has 0 aromatic rings. The standard InChI is InChI=1S/C14H31N.CH4/c1-8-15(11-9-13(2,3)4)12-10-14(5,6)7;/h8-12H2,1-7H3;1H4. The zero-order valence-electron chi connectivity index (χ0n) is 12.0. The normalized spacial score (nSPS) is 12.8. The van der Waals surface area contributed by atoms with Gasteiger partial charge in [0.2, 0.25) is 0 Å². The van der Waals surface area contributed by atoms with Crippen LogP contribution in [0, 0.1) is 10.8 Å². The molecule has 0 unspecified atom stereocenters. The van der Waals surface area contributed by atoms with Crippen molar-refractivity contribution in [1.29, 1.82) is 0 Å². The molecule has 16 heavy (non-hydrogen) atoms. The third-order valence-corrected chi connectivity index (χ3v) is 2.80. The summed E-state index contributed by atoms with van der Waals surface area (Å²) in [7, 11) is 0. The average molecular weight is 229 g/mol. The van der Waals surface area contributed by atoms with Crippen molar-refractivity contribution in [1.82, 2.24) is 4.90 Å². The van der Waals surface area contributed by atoms with Crippen LogP contribution in [0.1, 0.15) is 68.7 Å². The van der Waals surface area contributed by atoms with E-state index in [1.165, 1.54) is 32.5 Å². The third kappa shape index (κ3) is 12.0. The lowest BCUT2D eigenvalue weighted by atomic mass is 9.90. The van der Waals surface area contributed by atoms with E-state index < -0.39 is 0 Å². The maximum Gasteiger partial charge on any atom is -0.00139 e. The minimum absolute atomic E-state index is 0. The van der Waals surface area contributed by atoms with Gasteiger partial charge in [0.15, 0.2) is 0 Å². The van der Waals surface area contributed by atoms with Crippen molar-refractivity contribution in [3.8, 4) is 0 Å². The number of hydrogen-bond donors (Lipinski definition) is 0. The van der Waals surface area contributed by atoms with E-state index in [0.717, 1.165) is 0 Å². The van der Waals surface area contributed by atoms with Crippen molar-refractivity contribution >= 4 is 0 Å². The molecule has 0 heterocycles. The topological polar surface area (TPSA) is 3.24 Å². The van der Waals surface area contributed by atoms with Crippen LogP contribution in [0.4, 0.5) is 0 Å². The van der Waals surface area contributed by atoms with Gasteiger partial charge in [-0.2, -0.15) is 0 Å². The summed E-state index contributed by atoms with van der Waals surface area (Å²) in [6, 6.07) is 0. The monoisotopic (exact) mass is 229 g/mol. The summed E-state index contributed by atoms with van der Waals surface area (Å²) in [4.78, 5) is 2.58. The highest BCUT2D eigenvalue weighted by atomic mass is 15.1. The Kier molecular flexibility index (Phi) is 8.38. The van der Waals surface area contributed by atoms with Crippen molar-refractivity contribution in [2.75, 3.05) is 19.6 Å². The van der Waals surface area contributed by atoms with E-state index in [2.05, 4.69) is 53.4 Å². The highest BCUT2D eigenvalue weighted by Crippen LogP contribution is 2.21. The van der Waals surface area contributed by atoms with Gasteiger partial charge in [-0.3, -0.25) is 0 Å². The van der Waals surface area contributed by atoms with Crippen molar-refractivity contribution in [3.63, 3.8) is 0 Å². The van der Waals surface area contributed by atoms with Crippen molar-refractivity contribution in [2.45, 2.75) is 68.7 Å². The van der Waals surface area contributed by atoms with Crippen molar-refractivity contribution in [2.24, 2.45) is 10.8 Å². The van der Waals surface area contributed by atoms with Crippen LogP contribution in [0.3, 0.4) is 0 Å². The van der Waals surface area contributed by atoms with Gasteiger partial charge >= 0.3 is 0 Å². The van der Waals surface area contributed by atoms with E-state index in [1.54, 1.807) is 0 Å². The first-order valence-corrected chi connectivity index (χ1v) is 6.36. The fourth-order valence-corrected chi connectivity index (χ4v) is 1.42. The fraction of sp³-hybridized carbons (Fsp3) is 1.00. The average Bonchev–Trinajstić information content (AvgIpc) is 2.00. The summed E-state index contributed by atoms with van der Waals surface area (Å²) in [5.41, 5.74) is 0.935. The molecule has 0 aromatic carbocycles. The molecule has 0 amide bonds. The maximum absolute atomic E-state index is 2.58. The highest BCUT2D eigenvalue weighted by molar-refractivity contribution is 4.68. The number of rotatable bonds is 5. The van der Waals surface area contributed by atoms with Gasteiger partial charge in [-0.25, -0.2) is 0 Å². The Morgan fingerprint density at radius 3 is 1.25 bits per heavy atom. The molecular formula is C15H35N. The Balaban J connectivity index is 0. The molecule has 0 saturated carbocycles. The van der Waals surface area contributed by atoms with Crippen LogP contribution in [0.2, 0.25) is 0 Å². The summed E-state index contributed by atoms with van der Waals surface area (Å²) in [5.74, 6) is 0. The summed E-state index contributed by atoms with van der Waals surface area (Å²) in [6.07, 6.45) is 2.59. The van der Waals surface area contributed by atoms with E-state index in [9.17, 15) is 0 Å². The summed E-state index contributed by atoms with van der Waals surface area (Å²) in [6.45, 7) is 19.9. The van der Waals surface area contributed by atoms with E-state index in [4.69, 9.17) is 0 Å². The van der Waals surface area contributed by atoms with Gasteiger partial charge in [0, 0.05) is 0 Å². The van der Waals surface area contributed by atoms with E-state index in [0.29, 0.717) is 10.8 Å². The van der Waals surface area contributed by atoms with Gasteiger partial charge in [-0.05, 0) is 43.3 Å². The van der Waals surface area contributed by atoms with Crippen LogP contribution in [0.15, 0.2) is 0 Å². The van der Waals surface area contributed by atoms with Crippen LogP contribution in [-0.4, -0.2) is 24.5 Å². The molecule has 1 nitrogen and oxygen atoms in total. The van der Waals surface area contributed by atoms with E-state index >= 15 is 0 Å². The van der Waals surface area contributed by atoms with Gasteiger partial charge in [0.1, 0.15) is 0 Å². The van der Waals surface area contributed by atoms with E-state index in [-0.39, 0.29) is 7.43 Å². The maximum atomic E-state index is 2.58. The van der Waals surface area contributed by atoms with Gasteiger partial charge in [0.05, 0.1) is 0 Å². The Hall–Kier alpha value is -0.0400. The molecule has 0 spiro atoms. The first kappa shape index (κ1) is 18.3. The zero-order valence-corrected chi connectivity index (χ0v) is 12.0. The lowest BCUT2D eigenvalue weighted by molar-refractivity contribution is 0.207. The number of nitrogens with zero attached hydrogens (tertiary/aromatic N) is 1. The van der Waals surface area contributed by atoms with Crippen LogP contribution >= 0.6 is 0 Å². The van der Waals surface area contributed by atoms with Gasteiger partial charge in [-0.1, -0.05) is 55.9 Å². The fourth-order valence-electron chi connectivity index (χ4n) is 1.42. The first-order chi connectivity index (χ1) is 6.64. The minimum Gasteiger partial charge on any atom is -0.304 e. The molecular weight excluding hydrogens is 194 g/mol. The second kappa shape index (κ2) is 7.32. The van der Waals surface area contributed by atoms with Crippen molar-refractivity contribution < 1.29 is 0 Å². The minimum atomic E-state index is 0. The highest BCUT2D eigenvalue weighted by Gasteiger charge is 2.15. The SMILES string of the molecule is C.CCN(CCC(C)(C)C)CCC(C)(C)C. The summed E-state index contributed by atoms with van der Waals surface area (Å²) < 4.78 is 0. The molecule has 0 fully saturated rings. The lowest BCUT2D eigenvalue weighted by Gasteiger charge is -2.28. The third-order valence-electron chi connectivity index (χ3n) is 2.80. The molecule has 0 N–H and O–H groups in total. The van der Waals surface area contributed by atoms with Gasteiger partial charge in [-0.15, -0.1) is 0 Å². The Labute approximate surface area is 105 Å². The molecule has 0 bridgehead atoms. The second-order valence-corrected chi connectivity index (χ2v) is 7.06. The molecule has 0 rings (SSSR count). The smallest absolute Gasteiger partial charge is 0.00139 e. The Morgan fingerprint density at radius 1 is 0.750 bits per heavy atom. The van der Waals surface area contributed by atoms with Crippen LogP contribution in [0.5, 0.6) is 0 Å². The Morgan fingerprint density at radius 2 is 1.06 bits per heavy atom. The predicted molar refractivity (Wildman–Crippen MR) is 77.0 cm³/mol. The molecule has 100 valence electrons. The largest absolute Gasteiger partial charge is 0.304 e. The predicted octanol–water partition coefficient (Wildman–Crippen LogP) is 4.82. The van der Waals surface area contributed by atoms with Gasteiger partial charge in [0.25, 0.3) is 0 Å². The first-order valence-electron chi connectivity index (χ1n) is 6.36. The summed E-state index contributed by atoms with van der Waals surface area (Å²) in [5, 5.41) is 0. The molecule has 0 aromatic heterocycles. The lowest BCUT2D eigenvalue weighted by Crippen LogP contribution is -2.30. The van der Waals surface area contributed by atoms with E-state index in [1.807, 2.05) is 0 Å². The molecule has 0 radical (unpaired) electrons. The molecule has 0 aliphatic heterocycles. The molecule has 0 aliphatic rings. The van der Waals surface area contributed by atoms with Crippen LogP contribution in [0.25, 0.3) is 0 Å². The molecule has 0 saturated heterocycles. The molecule has 0 aliphatic carbocycles. The van der Waals surface area contributed by atoms with Gasteiger partial charge < -0.3 is 4.90 Å². The Bertz CT molecular complexity index is 141. The second-order valence-electron chi connectivity index (χ2n) is 7.06. The van der Waals surface area contributed by atoms with Crippen molar-refractivity contribution in [3.05, 3.63) is 0 Å². The molecule has 0 atom stereocenters. The zero-order chi connectivity index (χ0) is 12.1. The number of hydrogen-bond acceptors (Lipinski definition) is 1. The summed E-state index contributed by atoms with van der Waals surface area (Å²) >= 11 is 0. The van der Waals surface area contributed by atoms with Crippen LogP contribution in [-0.2, 0) is 0 Å². The quantitative estimate of drug-likeness (QED) is 0.653. The van der Waals surface area contributed by atoms with Crippen LogP contribution < -0.4 is 0 Å². The molecule has 1 heteroatoms.